The van der Waals surface area contributed by atoms with E-state index in [-0.39, 0.29) is 29.2 Å². The normalized spacial score (nSPS) is 14.8. The number of nitrogens with one attached hydrogen (secondary N) is 1. The van der Waals surface area contributed by atoms with E-state index in [0.29, 0.717) is 12.2 Å². The Morgan fingerprint density at radius 1 is 1.14 bits per heavy atom. The van der Waals surface area contributed by atoms with Crippen LogP contribution in [0.3, 0.4) is 0 Å². The minimum atomic E-state index is -3.84. The molecule has 36 heavy (non-hydrogen) atoms. The van der Waals surface area contributed by atoms with Crippen LogP contribution < -0.4 is 14.4 Å². The Bertz CT molecular complexity index is 1170. The minimum Gasteiger partial charge on any atom is -0.497 e. The number of amides is 2. The summed E-state index contributed by atoms with van der Waals surface area (Å²) in [5, 5.41) is 3.30. The van der Waals surface area contributed by atoms with E-state index in [1.807, 2.05) is 19.1 Å². The molecule has 2 amide bonds. The quantitative estimate of drug-likeness (QED) is 0.469. The second-order valence-electron chi connectivity index (χ2n) is 9.01. The lowest BCUT2D eigenvalue weighted by Crippen LogP contribution is -2.53. The molecule has 1 saturated carbocycles. The fourth-order valence-electron chi connectivity index (χ4n) is 4.50. The molecule has 0 unspecified atom stereocenters. The number of carbonyl (C=O) groups excluding carboxylic acids is 2. The van der Waals surface area contributed by atoms with Crippen LogP contribution in [0.25, 0.3) is 0 Å². The lowest BCUT2D eigenvalue weighted by Gasteiger charge is -2.33. The molecular formula is C26H34ClN3O5S. The molecule has 10 heteroatoms. The lowest BCUT2D eigenvalue weighted by atomic mass is 10.1. The van der Waals surface area contributed by atoms with Crippen molar-refractivity contribution in [2.45, 2.75) is 57.7 Å². The van der Waals surface area contributed by atoms with Gasteiger partial charge in [-0.3, -0.25) is 13.9 Å². The van der Waals surface area contributed by atoms with E-state index in [9.17, 15) is 18.0 Å². The highest BCUT2D eigenvalue weighted by Crippen LogP contribution is 2.28. The van der Waals surface area contributed by atoms with Crippen molar-refractivity contribution < 1.29 is 22.7 Å². The number of halogens is 1. The number of benzene rings is 2. The molecule has 1 aliphatic rings. The molecule has 1 fully saturated rings. The Balaban J connectivity index is 1.94. The number of carbonyl (C=O) groups is 2. The number of para-hydroxylation sites is 1. The van der Waals surface area contributed by atoms with Gasteiger partial charge in [-0.25, -0.2) is 8.42 Å². The molecule has 2 aromatic rings. The van der Waals surface area contributed by atoms with Crippen LogP contribution in [0.2, 0.25) is 5.02 Å². The fraction of sp³-hybridized carbons (Fsp3) is 0.462. The van der Waals surface area contributed by atoms with Crippen LogP contribution in [0.4, 0.5) is 5.69 Å². The van der Waals surface area contributed by atoms with E-state index >= 15 is 0 Å². The molecule has 0 heterocycles. The van der Waals surface area contributed by atoms with Crippen molar-refractivity contribution >= 4 is 39.1 Å². The minimum absolute atomic E-state index is 0.0935. The van der Waals surface area contributed by atoms with Crippen LogP contribution in [0, 0.1) is 0 Å². The van der Waals surface area contributed by atoms with E-state index in [0.717, 1.165) is 41.8 Å². The first-order valence-corrected chi connectivity index (χ1v) is 14.3. The summed E-state index contributed by atoms with van der Waals surface area (Å²) in [5.74, 6) is -0.113. The summed E-state index contributed by atoms with van der Waals surface area (Å²) in [5.41, 5.74) is 0.971. The third-order valence-electron chi connectivity index (χ3n) is 6.37. The van der Waals surface area contributed by atoms with Crippen LogP contribution >= 0.6 is 11.6 Å². The maximum atomic E-state index is 13.8. The third-order valence-corrected chi connectivity index (χ3v) is 7.82. The van der Waals surface area contributed by atoms with E-state index < -0.39 is 28.5 Å². The number of nitrogens with zero attached hydrogens (tertiary/aromatic N) is 2. The molecule has 3 rings (SSSR count). The van der Waals surface area contributed by atoms with Gasteiger partial charge in [0.25, 0.3) is 0 Å². The molecule has 8 nitrogen and oxygen atoms in total. The monoisotopic (exact) mass is 535 g/mol. The van der Waals surface area contributed by atoms with Crippen LogP contribution in [0.1, 0.15) is 44.6 Å². The highest BCUT2D eigenvalue weighted by atomic mass is 35.5. The van der Waals surface area contributed by atoms with E-state index in [1.54, 1.807) is 43.5 Å². The average molecular weight is 536 g/mol. The van der Waals surface area contributed by atoms with Crippen molar-refractivity contribution in [3.05, 3.63) is 59.1 Å². The molecule has 0 aliphatic heterocycles. The van der Waals surface area contributed by atoms with Gasteiger partial charge in [0.1, 0.15) is 18.3 Å². The van der Waals surface area contributed by atoms with Crippen LogP contribution in [0.15, 0.2) is 48.5 Å². The number of rotatable bonds is 11. The summed E-state index contributed by atoms with van der Waals surface area (Å²) >= 11 is 6.28. The molecule has 0 aromatic heterocycles. The van der Waals surface area contributed by atoms with Crippen molar-refractivity contribution in [2.75, 3.05) is 24.2 Å². The smallest absolute Gasteiger partial charge is 0.244 e. The van der Waals surface area contributed by atoms with E-state index in [1.165, 1.54) is 4.90 Å². The van der Waals surface area contributed by atoms with Crippen LogP contribution in [-0.2, 0) is 26.2 Å². The van der Waals surface area contributed by atoms with Gasteiger partial charge in [0, 0.05) is 12.6 Å². The number of hydrogen-bond donors (Lipinski definition) is 1. The molecule has 0 spiro atoms. The molecule has 1 atom stereocenters. The zero-order valence-electron chi connectivity index (χ0n) is 20.9. The predicted molar refractivity (Wildman–Crippen MR) is 142 cm³/mol. The standard InChI is InChI=1S/C26H34ClN3O5S/c1-4-23(26(32)28-20-11-5-6-12-20)29(17-19-10-9-13-21(16-19)35-2)25(31)18-30(36(3,33)34)24-15-8-7-14-22(24)27/h7-10,13-16,20,23H,4-6,11-12,17-18H2,1-3H3,(H,28,32)/t23-/m1/s1. The van der Waals surface area contributed by atoms with Crippen LogP contribution in [0.5, 0.6) is 5.75 Å². The molecule has 1 N–H and O–H groups in total. The maximum absolute atomic E-state index is 13.8. The number of hydrogen-bond acceptors (Lipinski definition) is 5. The summed E-state index contributed by atoms with van der Waals surface area (Å²) in [6, 6.07) is 13.0. The van der Waals surface area contributed by atoms with Gasteiger partial charge in [0.2, 0.25) is 21.8 Å². The summed E-state index contributed by atoms with van der Waals surface area (Å²) in [6.45, 7) is 1.47. The van der Waals surface area contributed by atoms with Gasteiger partial charge in [0.05, 0.1) is 24.1 Å². The predicted octanol–water partition coefficient (Wildman–Crippen LogP) is 3.98. The topological polar surface area (TPSA) is 96.0 Å². The first kappa shape index (κ1) is 27.8. The van der Waals surface area contributed by atoms with Crippen molar-refractivity contribution in [1.82, 2.24) is 10.2 Å². The fourth-order valence-corrected chi connectivity index (χ4v) is 5.65. The first-order valence-electron chi connectivity index (χ1n) is 12.1. The summed E-state index contributed by atoms with van der Waals surface area (Å²) < 4.78 is 31.7. The largest absolute Gasteiger partial charge is 0.497 e. The molecule has 1 aliphatic carbocycles. The van der Waals surface area contributed by atoms with E-state index in [2.05, 4.69) is 5.32 Å². The van der Waals surface area contributed by atoms with Crippen LogP contribution in [-0.4, -0.2) is 57.1 Å². The highest BCUT2D eigenvalue weighted by molar-refractivity contribution is 7.92. The molecule has 0 bridgehead atoms. The van der Waals surface area contributed by atoms with Gasteiger partial charge < -0.3 is 15.0 Å². The van der Waals surface area contributed by atoms with E-state index in [4.69, 9.17) is 16.3 Å². The molecule has 2 aromatic carbocycles. The zero-order chi connectivity index (χ0) is 26.3. The van der Waals surface area contributed by atoms with Gasteiger partial charge in [0.15, 0.2) is 0 Å². The zero-order valence-corrected chi connectivity index (χ0v) is 22.5. The first-order chi connectivity index (χ1) is 17.1. The summed E-state index contributed by atoms with van der Waals surface area (Å²) in [7, 11) is -2.29. The number of methoxy groups -OCH3 is 1. The van der Waals surface area contributed by atoms with Gasteiger partial charge in [-0.1, -0.05) is 55.6 Å². The van der Waals surface area contributed by atoms with Gasteiger partial charge in [-0.2, -0.15) is 0 Å². The second kappa shape index (κ2) is 12.5. The Labute approximate surface area is 218 Å². The Morgan fingerprint density at radius 2 is 1.83 bits per heavy atom. The van der Waals surface area contributed by atoms with Gasteiger partial charge >= 0.3 is 0 Å². The Morgan fingerprint density at radius 3 is 2.44 bits per heavy atom. The molecule has 196 valence electrons. The average Bonchev–Trinajstić information content (AvgIpc) is 3.35. The van der Waals surface area contributed by atoms with Crippen molar-refractivity contribution in [3.63, 3.8) is 0 Å². The Hall–Kier alpha value is -2.78. The number of ether oxygens (including phenoxy) is 1. The molecule has 0 radical (unpaired) electrons. The number of anilines is 1. The van der Waals surface area contributed by atoms with Crippen molar-refractivity contribution in [3.8, 4) is 5.75 Å². The Kier molecular flexibility index (Phi) is 9.62. The maximum Gasteiger partial charge on any atom is 0.244 e. The van der Waals surface area contributed by atoms with Gasteiger partial charge in [-0.05, 0) is 49.1 Å². The summed E-state index contributed by atoms with van der Waals surface area (Å²) in [4.78, 5) is 28.5. The van der Waals surface area contributed by atoms with Crippen molar-refractivity contribution in [1.29, 1.82) is 0 Å². The number of sulfonamides is 1. The third kappa shape index (κ3) is 7.13. The molecular weight excluding hydrogens is 502 g/mol. The van der Waals surface area contributed by atoms with Gasteiger partial charge in [-0.15, -0.1) is 0 Å². The molecule has 0 saturated heterocycles. The lowest BCUT2D eigenvalue weighted by molar-refractivity contribution is -0.140. The highest BCUT2D eigenvalue weighted by Gasteiger charge is 2.33. The second-order valence-corrected chi connectivity index (χ2v) is 11.3. The summed E-state index contributed by atoms with van der Waals surface area (Å²) in [6.07, 6.45) is 5.37. The SMILES string of the molecule is CC[C@H](C(=O)NC1CCCC1)N(Cc1cccc(OC)c1)C(=O)CN(c1ccccc1Cl)S(C)(=O)=O. The van der Waals surface area contributed by atoms with Crippen molar-refractivity contribution in [2.24, 2.45) is 0 Å².